The Morgan fingerprint density at radius 3 is 2.79 bits per heavy atom. The average Bonchev–Trinajstić information content (AvgIpc) is 3.03. The Kier molecular flexibility index (Phi) is 4.54. The minimum Gasteiger partial charge on any atom is -0.359 e. The van der Waals surface area contributed by atoms with Crippen molar-refractivity contribution < 1.29 is 18.4 Å². The first kappa shape index (κ1) is 18.1. The Balaban J connectivity index is 1.50. The molecule has 1 unspecified atom stereocenters. The van der Waals surface area contributed by atoms with Gasteiger partial charge in [0.05, 0.1) is 17.2 Å². The van der Waals surface area contributed by atoms with Gasteiger partial charge in [-0.25, -0.2) is 8.78 Å². The molecule has 4 rings (SSSR count). The van der Waals surface area contributed by atoms with E-state index in [-0.39, 0.29) is 17.1 Å². The van der Waals surface area contributed by atoms with E-state index in [1.807, 2.05) is 13.0 Å². The van der Waals surface area contributed by atoms with E-state index in [4.69, 9.17) is 0 Å². The number of nitrogens with zero attached hydrogens (tertiary/aromatic N) is 1. The first-order valence-electron chi connectivity index (χ1n) is 8.96. The van der Waals surface area contributed by atoms with Crippen LogP contribution in [-0.4, -0.2) is 21.8 Å². The molecule has 144 valence electrons. The number of hydrogen-bond donors (Lipinski definition) is 3. The molecule has 2 amide bonds. The number of aromatic nitrogens is 2. The molecule has 8 heteroatoms. The smallest absolute Gasteiger partial charge is 0.313 e. The molecule has 0 bridgehead atoms. The molecule has 6 nitrogen and oxygen atoms in total. The van der Waals surface area contributed by atoms with E-state index >= 15 is 0 Å². The van der Waals surface area contributed by atoms with Crippen LogP contribution >= 0.6 is 0 Å². The van der Waals surface area contributed by atoms with E-state index in [2.05, 4.69) is 20.6 Å². The molecular weight excluding hydrogens is 366 g/mol. The van der Waals surface area contributed by atoms with Crippen molar-refractivity contribution in [3.8, 4) is 0 Å². The van der Waals surface area contributed by atoms with Crippen molar-refractivity contribution in [3.63, 3.8) is 0 Å². The highest BCUT2D eigenvalue weighted by atomic mass is 19.2. The molecule has 1 aliphatic rings. The lowest BCUT2D eigenvalue weighted by Gasteiger charge is -2.26. The summed E-state index contributed by atoms with van der Waals surface area (Å²) in [5.74, 6) is -3.70. The fourth-order valence-corrected chi connectivity index (χ4v) is 3.58. The van der Waals surface area contributed by atoms with Crippen molar-refractivity contribution >= 4 is 28.4 Å². The van der Waals surface area contributed by atoms with Crippen LogP contribution < -0.4 is 10.6 Å². The second-order valence-electron chi connectivity index (χ2n) is 6.91. The van der Waals surface area contributed by atoms with Crippen LogP contribution in [0.2, 0.25) is 0 Å². The number of amides is 2. The van der Waals surface area contributed by atoms with Crippen molar-refractivity contribution in [1.29, 1.82) is 0 Å². The highest BCUT2D eigenvalue weighted by Gasteiger charge is 2.25. The fraction of sp³-hybridized carbons (Fsp3) is 0.250. The fourth-order valence-electron chi connectivity index (χ4n) is 3.58. The van der Waals surface area contributed by atoms with Gasteiger partial charge >= 0.3 is 11.8 Å². The first-order valence-corrected chi connectivity index (χ1v) is 8.96. The number of anilines is 1. The minimum atomic E-state index is -1.03. The Morgan fingerprint density at radius 1 is 1.18 bits per heavy atom. The Hall–Kier alpha value is -3.29. The lowest BCUT2D eigenvalue weighted by molar-refractivity contribution is -0.136. The third-order valence-electron chi connectivity index (χ3n) is 4.96. The zero-order valence-electron chi connectivity index (χ0n) is 15.1. The molecule has 1 atom stereocenters. The van der Waals surface area contributed by atoms with Crippen LogP contribution in [0.25, 0.3) is 10.9 Å². The number of carbonyl (C=O) groups excluding carboxylic acids is 2. The second-order valence-corrected chi connectivity index (χ2v) is 6.91. The largest absolute Gasteiger partial charge is 0.359 e. The number of nitrogens with one attached hydrogen (secondary N) is 3. The zero-order valence-corrected chi connectivity index (χ0v) is 15.1. The van der Waals surface area contributed by atoms with Crippen LogP contribution in [0.4, 0.5) is 14.5 Å². The first-order chi connectivity index (χ1) is 13.4. The van der Waals surface area contributed by atoms with E-state index in [1.165, 1.54) is 6.20 Å². The molecular formula is C20H18F2N4O2. The van der Waals surface area contributed by atoms with Gasteiger partial charge in [-0.15, -0.1) is 0 Å². The van der Waals surface area contributed by atoms with E-state index in [0.717, 1.165) is 41.8 Å². The number of pyridine rings is 1. The molecule has 28 heavy (non-hydrogen) atoms. The third kappa shape index (κ3) is 3.33. The normalized spacial score (nSPS) is 15.9. The topological polar surface area (TPSA) is 86.9 Å². The second kappa shape index (κ2) is 7.03. The zero-order chi connectivity index (χ0) is 19.8. The van der Waals surface area contributed by atoms with Gasteiger partial charge in [-0.1, -0.05) is 0 Å². The van der Waals surface area contributed by atoms with Crippen LogP contribution in [0.15, 0.2) is 30.6 Å². The highest BCUT2D eigenvalue weighted by molar-refractivity contribution is 6.40. The van der Waals surface area contributed by atoms with Gasteiger partial charge in [0.1, 0.15) is 0 Å². The summed E-state index contributed by atoms with van der Waals surface area (Å²) in [7, 11) is 0. The monoisotopic (exact) mass is 384 g/mol. The Labute approximate surface area is 159 Å². The van der Waals surface area contributed by atoms with Gasteiger partial charge in [0.2, 0.25) is 0 Å². The summed E-state index contributed by atoms with van der Waals surface area (Å²) in [5.41, 5.74) is 3.47. The molecule has 0 saturated heterocycles. The van der Waals surface area contributed by atoms with Crippen LogP contribution in [0.5, 0.6) is 0 Å². The van der Waals surface area contributed by atoms with Crippen LogP contribution in [0.3, 0.4) is 0 Å². The molecule has 0 saturated carbocycles. The van der Waals surface area contributed by atoms with Crippen LogP contribution in [-0.2, 0) is 16.0 Å². The summed E-state index contributed by atoms with van der Waals surface area (Å²) in [6.07, 6.45) is 5.65. The Morgan fingerprint density at radius 2 is 1.96 bits per heavy atom. The summed E-state index contributed by atoms with van der Waals surface area (Å²) >= 11 is 0. The molecule has 0 aliphatic heterocycles. The molecule has 3 N–H and O–H groups in total. The number of H-pyrrole nitrogens is 1. The van der Waals surface area contributed by atoms with Crippen LogP contribution in [0, 0.1) is 18.6 Å². The number of aromatic amines is 1. The summed E-state index contributed by atoms with van der Waals surface area (Å²) in [6, 6.07) is 3.67. The standard InChI is InChI=1S/C20H18F2N4O2/c1-10-5-11-3-2-4-16(13(11)8-23-10)25-19(27)20(28)26-18-9-24-17-7-15(22)14(21)6-12(17)18/h5-9,16,24H,2-4H2,1H3,(H,25,27)(H,26,28). The van der Waals surface area contributed by atoms with E-state index in [1.54, 1.807) is 6.20 Å². The Bertz CT molecular complexity index is 1090. The highest BCUT2D eigenvalue weighted by Crippen LogP contribution is 2.30. The molecule has 1 aliphatic carbocycles. The van der Waals surface area contributed by atoms with E-state index < -0.39 is 23.4 Å². The van der Waals surface area contributed by atoms with Gasteiger partial charge in [-0.2, -0.15) is 0 Å². The average molecular weight is 384 g/mol. The quantitative estimate of drug-likeness (QED) is 0.593. The van der Waals surface area contributed by atoms with Gasteiger partial charge in [-0.05, 0) is 49.4 Å². The number of halogens is 2. The molecule has 0 spiro atoms. The van der Waals surface area contributed by atoms with Gasteiger partial charge in [-0.3, -0.25) is 14.6 Å². The molecule has 2 aromatic heterocycles. The van der Waals surface area contributed by atoms with Crippen molar-refractivity contribution in [3.05, 3.63) is 59.0 Å². The maximum atomic E-state index is 13.5. The molecule has 1 aromatic carbocycles. The van der Waals surface area contributed by atoms with E-state index in [9.17, 15) is 18.4 Å². The van der Waals surface area contributed by atoms with Gasteiger partial charge < -0.3 is 15.6 Å². The molecule has 0 radical (unpaired) electrons. The third-order valence-corrected chi connectivity index (χ3v) is 4.96. The van der Waals surface area contributed by atoms with Crippen LogP contribution in [0.1, 0.15) is 35.7 Å². The number of aryl methyl sites for hydroxylation is 2. The summed E-state index contributed by atoms with van der Waals surface area (Å²) in [6.45, 7) is 1.91. The number of benzene rings is 1. The number of rotatable bonds is 2. The molecule has 0 fully saturated rings. The van der Waals surface area contributed by atoms with Gasteiger partial charge in [0.25, 0.3) is 0 Å². The maximum Gasteiger partial charge on any atom is 0.313 e. The summed E-state index contributed by atoms with van der Waals surface area (Å²) < 4.78 is 26.8. The summed E-state index contributed by atoms with van der Waals surface area (Å²) in [4.78, 5) is 31.7. The van der Waals surface area contributed by atoms with Crippen molar-refractivity contribution in [2.45, 2.75) is 32.2 Å². The minimum absolute atomic E-state index is 0.204. The number of hydrogen-bond acceptors (Lipinski definition) is 3. The molecule has 3 aromatic rings. The number of carbonyl (C=O) groups is 2. The SMILES string of the molecule is Cc1cc2c(cn1)C(NC(=O)C(=O)Nc1c[nH]c3cc(F)c(F)cc13)CCC2. The maximum absolute atomic E-state index is 13.5. The van der Waals surface area contributed by atoms with Crippen molar-refractivity contribution in [2.75, 3.05) is 5.32 Å². The van der Waals surface area contributed by atoms with Gasteiger partial charge in [0, 0.05) is 29.5 Å². The van der Waals surface area contributed by atoms with Crippen molar-refractivity contribution in [2.24, 2.45) is 0 Å². The predicted octanol–water partition coefficient (Wildman–Crippen LogP) is 3.28. The van der Waals surface area contributed by atoms with E-state index in [0.29, 0.717) is 11.9 Å². The van der Waals surface area contributed by atoms with Gasteiger partial charge in [0.15, 0.2) is 11.6 Å². The molecule has 2 heterocycles. The number of fused-ring (bicyclic) bond motifs is 2. The van der Waals surface area contributed by atoms with Crippen molar-refractivity contribution in [1.82, 2.24) is 15.3 Å². The lowest BCUT2D eigenvalue weighted by Crippen LogP contribution is -2.39. The lowest BCUT2D eigenvalue weighted by atomic mass is 9.88. The summed E-state index contributed by atoms with van der Waals surface area (Å²) in [5, 5.41) is 5.47. The predicted molar refractivity (Wildman–Crippen MR) is 99.6 cm³/mol.